The predicted molar refractivity (Wildman–Crippen MR) is 80.2 cm³/mol. The summed E-state index contributed by atoms with van der Waals surface area (Å²) in [5.41, 5.74) is 1.89. The number of pyridine rings is 1. The van der Waals surface area contributed by atoms with Crippen LogP contribution in [0.1, 0.15) is 16.1 Å². The highest BCUT2D eigenvalue weighted by Gasteiger charge is 2.11. The molecule has 0 unspecified atom stereocenters. The van der Waals surface area contributed by atoms with Crippen molar-refractivity contribution < 1.29 is 4.79 Å². The van der Waals surface area contributed by atoms with Crippen LogP contribution in [0.15, 0.2) is 41.4 Å². The lowest BCUT2D eigenvalue weighted by Gasteiger charge is -2.07. The molecule has 98 valence electrons. The summed E-state index contributed by atoms with van der Waals surface area (Å²) in [4.78, 5) is 17.3. The average Bonchev–Trinajstić information content (AvgIpc) is 2.39. The van der Waals surface area contributed by atoms with E-state index in [4.69, 9.17) is 11.6 Å². The summed E-state index contributed by atoms with van der Waals surface area (Å²) in [6.45, 7) is 1.83. The fraction of sp³-hybridized carbons (Fsp3) is 0.143. The standard InChI is InChI=1S/C14H13ClN2OS/c1-9-7-13(15)12(8-16-9)14(18)17-10-3-5-11(19-2)6-4-10/h3-8H,1-2H3,(H,17,18). The maximum absolute atomic E-state index is 12.1. The van der Waals surface area contributed by atoms with Crippen LogP contribution in [0.5, 0.6) is 0 Å². The molecule has 0 fully saturated rings. The highest BCUT2D eigenvalue weighted by Crippen LogP contribution is 2.20. The van der Waals surface area contributed by atoms with Gasteiger partial charge in [-0.05, 0) is 43.5 Å². The predicted octanol–water partition coefficient (Wildman–Crippen LogP) is 4.02. The molecule has 19 heavy (non-hydrogen) atoms. The monoisotopic (exact) mass is 292 g/mol. The molecule has 2 rings (SSSR count). The molecule has 5 heteroatoms. The molecule has 1 N–H and O–H groups in total. The molecule has 1 aromatic heterocycles. The number of carbonyl (C=O) groups excluding carboxylic acids is 1. The Bertz CT molecular complexity index is 599. The molecular weight excluding hydrogens is 280 g/mol. The van der Waals surface area contributed by atoms with Crippen molar-refractivity contribution in [3.8, 4) is 0 Å². The lowest BCUT2D eigenvalue weighted by molar-refractivity contribution is 0.102. The second kappa shape index (κ2) is 6.08. The van der Waals surface area contributed by atoms with Crippen LogP contribution in [0.25, 0.3) is 0 Å². The van der Waals surface area contributed by atoms with Crippen LogP contribution < -0.4 is 5.32 Å². The van der Waals surface area contributed by atoms with E-state index in [0.717, 1.165) is 16.3 Å². The minimum absolute atomic E-state index is 0.255. The number of aryl methyl sites for hydroxylation is 1. The minimum atomic E-state index is -0.255. The maximum Gasteiger partial charge on any atom is 0.258 e. The summed E-state index contributed by atoms with van der Waals surface area (Å²) in [7, 11) is 0. The number of nitrogens with zero attached hydrogens (tertiary/aromatic N) is 1. The number of nitrogens with one attached hydrogen (secondary N) is 1. The van der Waals surface area contributed by atoms with Crippen LogP contribution in [0, 0.1) is 6.92 Å². The molecule has 0 radical (unpaired) electrons. The van der Waals surface area contributed by atoms with E-state index >= 15 is 0 Å². The van der Waals surface area contributed by atoms with Gasteiger partial charge in [0.25, 0.3) is 5.91 Å². The van der Waals surface area contributed by atoms with E-state index in [1.165, 1.54) is 6.20 Å². The van der Waals surface area contributed by atoms with Crippen LogP contribution in [-0.4, -0.2) is 17.1 Å². The van der Waals surface area contributed by atoms with E-state index in [2.05, 4.69) is 10.3 Å². The van der Waals surface area contributed by atoms with Gasteiger partial charge < -0.3 is 5.32 Å². The largest absolute Gasteiger partial charge is 0.322 e. The van der Waals surface area contributed by atoms with Gasteiger partial charge in [-0.15, -0.1) is 11.8 Å². The topological polar surface area (TPSA) is 42.0 Å². The molecule has 0 saturated heterocycles. The zero-order valence-corrected chi connectivity index (χ0v) is 12.2. The summed E-state index contributed by atoms with van der Waals surface area (Å²) in [6.07, 6.45) is 3.49. The van der Waals surface area contributed by atoms with Crippen molar-refractivity contribution in [2.24, 2.45) is 0 Å². The molecular formula is C14H13ClN2OS. The maximum atomic E-state index is 12.1. The van der Waals surface area contributed by atoms with Gasteiger partial charge in [0.05, 0.1) is 10.6 Å². The molecule has 0 aliphatic heterocycles. The third-order valence-electron chi connectivity index (χ3n) is 2.58. The van der Waals surface area contributed by atoms with Gasteiger partial charge in [0.2, 0.25) is 0 Å². The van der Waals surface area contributed by atoms with E-state index < -0.39 is 0 Å². The highest BCUT2D eigenvalue weighted by molar-refractivity contribution is 7.98. The number of carbonyl (C=O) groups is 1. The lowest BCUT2D eigenvalue weighted by atomic mass is 10.2. The van der Waals surface area contributed by atoms with E-state index in [-0.39, 0.29) is 5.91 Å². The number of thioether (sulfide) groups is 1. The molecule has 3 nitrogen and oxygen atoms in total. The van der Waals surface area contributed by atoms with Crippen LogP contribution >= 0.6 is 23.4 Å². The SMILES string of the molecule is CSc1ccc(NC(=O)c2cnc(C)cc2Cl)cc1. The lowest BCUT2D eigenvalue weighted by Crippen LogP contribution is -2.13. The number of halogens is 1. The number of hydrogen-bond acceptors (Lipinski definition) is 3. The summed E-state index contributed by atoms with van der Waals surface area (Å²) >= 11 is 7.69. The Morgan fingerprint density at radius 1 is 1.32 bits per heavy atom. The van der Waals surface area contributed by atoms with Crippen molar-refractivity contribution in [2.75, 3.05) is 11.6 Å². The first-order chi connectivity index (χ1) is 9.10. The smallest absolute Gasteiger partial charge is 0.258 e. The Morgan fingerprint density at radius 2 is 2.00 bits per heavy atom. The van der Waals surface area contributed by atoms with E-state index in [1.807, 2.05) is 37.4 Å². The summed E-state index contributed by atoms with van der Waals surface area (Å²) in [6, 6.07) is 9.30. The van der Waals surface area contributed by atoms with Gasteiger partial charge in [-0.3, -0.25) is 9.78 Å². The molecule has 0 aliphatic carbocycles. The van der Waals surface area contributed by atoms with Gasteiger partial charge in [0, 0.05) is 22.5 Å². The second-order valence-electron chi connectivity index (χ2n) is 3.99. The average molecular weight is 293 g/mol. The van der Waals surface area contributed by atoms with Crippen molar-refractivity contribution in [3.63, 3.8) is 0 Å². The number of anilines is 1. The fourth-order valence-electron chi connectivity index (χ4n) is 1.57. The first-order valence-electron chi connectivity index (χ1n) is 5.67. The number of aromatic nitrogens is 1. The molecule has 1 heterocycles. The molecule has 0 atom stereocenters. The van der Waals surface area contributed by atoms with E-state index in [9.17, 15) is 4.79 Å². The van der Waals surface area contributed by atoms with Gasteiger partial charge in [-0.2, -0.15) is 0 Å². The Labute approximate surface area is 121 Å². The summed E-state index contributed by atoms with van der Waals surface area (Å²) < 4.78 is 0. The molecule has 1 amide bonds. The minimum Gasteiger partial charge on any atom is -0.322 e. The molecule has 0 bridgehead atoms. The van der Waals surface area contributed by atoms with Crippen LogP contribution in [0.2, 0.25) is 5.02 Å². The first kappa shape index (κ1) is 13.9. The number of hydrogen-bond donors (Lipinski definition) is 1. The van der Waals surface area contributed by atoms with Crippen molar-refractivity contribution in [2.45, 2.75) is 11.8 Å². The quantitative estimate of drug-likeness (QED) is 0.869. The van der Waals surface area contributed by atoms with E-state index in [0.29, 0.717) is 10.6 Å². The normalized spacial score (nSPS) is 10.3. The van der Waals surface area contributed by atoms with Crippen molar-refractivity contribution in [3.05, 3.63) is 52.8 Å². The molecule has 2 aromatic rings. The third kappa shape index (κ3) is 3.49. The number of rotatable bonds is 3. The number of amides is 1. The number of benzene rings is 1. The van der Waals surface area contributed by atoms with Gasteiger partial charge in [0.1, 0.15) is 0 Å². The Hall–Kier alpha value is -1.52. The molecule has 0 aliphatic rings. The molecule has 0 spiro atoms. The summed E-state index contributed by atoms with van der Waals surface area (Å²) in [5, 5.41) is 3.21. The van der Waals surface area contributed by atoms with Crippen molar-refractivity contribution in [1.29, 1.82) is 0 Å². The van der Waals surface area contributed by atoms with Crippen molar-refractivity contribution in [1.82, 2.24) is 4.98 Å². The molecule has 1 aromatic carbocycles. The highest BCUT2D eigenvalue weighted by atomic mass is 35.5. The third-order valence-corrected chi connectivity index (χ3v) is 3.64. The van der Waals surface area contributed by atoms with Gasteiger partial charge in [0.15, 0.2) is 0 Å². The van der Waals surface area contributed by atoms with Gasteiger partial charge in [-0.25, -0.2) is 0 Å². The first-order valence-corrected chi connectivity index (χ1v) is 7.28. The Kier molecular flexibility index (Phi) is 4.45. The fourth-order valence-corrected chi connectivity index (χ4v) is 2.27. The van der Waals surface area contributed by atoms with E-state index in [1.54, 1.807) is 17.8 Å². The zero-order chi connectivity index (χ0) is 13.8. The van der Waals surface area contributed by atoms with Crippen LogP contribution in [0.4, 0.5) is 5.69 Å². The van der Waals surface area contributed by atoms with Crippen LogP contribution in [0.3, 0.4) is 0 Å². The van der Waals surface area contributed by atoms with Gasteiger partial charge in [-0.1, -0.05) is 11.6 Å². The van der Waals surface area contributed by atoms with Gasteiger partial charge >= 0.3 is 0 Å². The summed E-state index contributed by atoms with van der Waals surface area (Å²) in [5.74, 6) is -0.255. The Balaban J connectivity index is 2.15. The Morgan fingerprint density at radius 3 is 2.58 bits per heavy atom. The molecule has 0 saturated carbocycles. The zero-order valence-electron chi connectivity index (χ0n) is 10.6. The second-order valence-corrected chi connectivity index (χ2v) is 5.28. The van der Waals surface area contributed by atoms with Crippen molar-refractivity contribution >= 4 is 35.0 Å². The van der Waals surface area contributed by atoms with Crippen LogP contribution in [-0.2, 0) is 0 Å².